The molecular weight excluding hydrogens is 274 g/mol. The summed E-state index contributed by atoms with van der Waals surface area (Å²) in [6.07, 6.45) is 1.04. The van der Waals surface area contributed by atoms with Gasteiger partial charge in [-0.2, -0.15) is 0 Å². The van der Waals surface area contributed by atoms with E-state index in [1.807, 2.05) is 6.07 Å². The monoisotopic (exact) mass is 289 g/mol. The van der Waals surface area contributed by atoms with Crippen molar-refractivity contribution in [2.45, 2.75) is 19.9 Å². The van der Waals surface area contributed by atoms with Gasteiger partial charge in [0.1, 0.15) is 0 Å². The van der Waals surface area contributed by atoms with Crippen LogP contribution in [0.3, 0.4) is 0 Å². The minimum absolute atomic E-state index is 0.871. The minimum atomic E-state index is 0.871. The van der Waals surface area contributed by atoms with Crippen molar-refractivity contribution in [1.29, 1.82) is 0 Å². The van der Waals surface area contributed by atoms with Gasteiger partial charge >= 0.3 is 0 Å². The van der Waals surface area contributed by atoms with Gasteiger partial charge in [-0.25, -0.2) is 0 Å². The molecule has 2 heteroatoms. The summed E-state index contributed by atoms with van der Waals surface area (Å²) in [6.45, 7) is 3.05. The largest absolute Gasteiger partial charge is 0.381 e. The predicted octanol–water partition coefficient (Wildman–Crippen LogP) is 4.62. The van der Waals surface area contributed by atoms with Gasteiger partial charge in [0.2, 0.25) is 0 Å². The molecule has 0 heterocycles. The van der Waals surface area contributed by atoms with E-state index in [4.69, 9.17) is 0 Å². The van der Waals surface area contributed by atoms with Crippen LogP contribution in [0.25, 0.3) is 0 Å². The molecule has 0 aliphatic carbocycles. The van der Waals surface area contributed by atoms with Crippen LogP contribution >= 0.6 is 15.9 Å². The Bertz CT molecular complexity index is 480. The van der Waals surface area contributed by atoms with E-state index in [1.54, 1.807) is 0 Å². The molecule has 0 atom stereocenters. The second-order valence-corrected chi connectivity index (χ2v) is 4.91. The maximum atomic E-state index is 3.51. The van der Waals surface area contributed by atoms with Crippen LogP contribution in [0.1, 0.15) is 18.1 Å². The first-order valence-electron chi connectivity index (χ1n) is 5.86. The van der Waals surface area contributed by atoms with E-state index in [-0.39, 0.29) is 0 Å². The molecule has 0 unspecified atom stereocenters. The Balaban J connectivity index is 2.09. The number of halogens is 1. The lowest BCUT2D eigenvalue weighted by Gasteiger charge is -2.11. The van der Waals surface area contributed by atoms with E-state index in [1.165, 1.54) is 16.8 Å². The first-order valence-corrected chi connectivity index (χ1v) is 6.65. The number of anilines is 1. The van der Waals surface area contributed by atoms with E-state index in [9.17, 15) is 0 Å². The summed E-state index contributed by atoms with van der Waals surface area (Å²) in [5, 5.41) is 3.49. The normalized spacial score (nSPS) is 10.2. The summed E-state index contributed by atoms with van der Waals surface area (Å²) in [4.78, 5) is 0. The molecule has 1 nitrogen and oxygen atoms in total. The summed E-state index contributed by atoms with van der Waals surface area (Å²) in [5.74, 6) is 0. The molecule has 2 aromatic carbocycles. The predicted molar refractivity (Wildman–Crippen MR) is 77.3 cm³/mol. The lowest BCUT2D eigenvalue weighted by atomic mass is 10.1. The van der Waals surface area contributed by atoms with Crippen LogP contribution in [0, 0.1) is 0 Å². The fourth-order valence-corrected chi connectivity index (χ4v) is 2.23. The van der Waals surface area contributed by atoms with Crippen molar-refractivity contribution in [1.82, 2.24) is 0 Å². The topological polar surface area (TPSA) is 12.0 Å². The second kappa shape index (κ2) is 5.87. The van der Waals surface area contributed by atoms with Gasteiger partial charge in [-0.3, -0.25) is 0 Å². The van der Waals surface area contributed by atoms with Crippen molar-refractivity contribution in [3.05, 3.63) is 64.1 Å². The van der Waals surface area contributed by atoms with E-state index < -0.39 is 0 Å². The van der Waals surface area contributed by atoms with Crippen LogP contribution in [0.15, 0.2) is 53.0 Å². The van der Waals surface area contributed by atoms with Crippen molar-refractivity contribution in [2.24, 2.45) is 0 Å². The first kappa shape index (κ1) is 12.2. The van der Waals surface area contributed by atoms with Crippen molar-refractivity contribution in [2.75, 3.05) is 5.32 Å². The molecule has 0 aromatic heterocycles. The van der Waals surface area contributed by atoms with Gasteiger partial charge in [-0.1, -0.05) is 53.2 Å². The van der Waals surface area contributed by atoms with Crippen LogP contribution in [0.5, 0.6) is 0 Å². The Morgan fingerprint density at radius 2 is 1.82 bits per heavy atom. The van der Waals surface area contributed by atoms with Gasteiger partial charge in [-0.15, -0.1) is 0 Å². The zero-order valence-corrected chi connectivity index (χ0v) is 11.5. The molecule has 0 amide bonds. The highest BCUT2D eigenvalue weighted by atomic mass is 79.9. The molecule has 17 heavy (non-hydrogen) atoms. The SMILES string of the molecule is CCc1cc(Br)ccc1NCc1ccccc1. The zero-order chi connectivity index (χ0) is 12.1. The Kier molecular flexibility index (Phi) is 4.21. The number of benzene rings is 2. The van der Waals surface area contributed by atoms with Crippen LogP contribution in [0.2, 0.25) is 0 Å². The number of hydrogen-bond acceptors (Lipinski definition) is 1. The third-order valence-corrected chi connectivity index (χ3v) is 3.27. The Morgan fingerprint density at radius 3 is 2.53 bits per heavy atom. The Labute approximate surface area is 111 Å². The maximum Gasteiger partial charge on any atom is 0.0400 e. The van der Waals surface area contributed by atoms with Gasteiger partial charge in [0.15, 0.2) is 0 Å². The van der Waals surface area contributed by atoms with E-state index >= 15 is 0 Å². The van der Waals surface area contributed by atoms with Gasteiger partial charge in [0.25, 0.3) is 0 Å². The lowest BCUT2D eigenvalue weighted by Crippen LogP contribution is -2.01. The number of nitrogens with one attached hydrogen (secondary N) is 1. The summed E-state index contributed by atoms with van der Waals surface area (Å²) in [6, 6.07) is 16.8. The Morgan fingerprint density at radius 1 is 1.06 bits per heavy atom. The molecule has 1 N–H and O–H groups in total. The van der Waals surface area contributed by atoms with E-state index in [0.717, 1.165) is 17.4 Å². The van der Waals surface area contributed by atoms with E-state index in [2.05, 4.69) is 70.6 Å². The fraction of sp³-hybridized carbons (Fsp3) is 0.200. The third-order valence-electron chi connectivity index (χ3n) is 2.77. The second-order valence-electron chi connectivity index (χ2n) is 3.99. The quantitative estimate of drug-likeness (QED) is 0.866. The van der Waals surface area contributed by atoms with Crippen LogP contribution < -0.4 is 5.32 Å². The maximum absolute atomic E-state index is 3.51. The van der Waals surface area contributed by atoms with Gasteiger partial charge in [0.05, 0.1) is 0 Å². The average Bonchev–Trinajstić information content (AvgIpc) is 2.38. The van der Waals surface area contributed by atoms with Crippen molar-refractivity contribution < 1.29 is 0 Å². The summed E-state index contributed by atoms with van der Waals surface area (Å²) in [5.41, 5.74) is 3.87. The Hall–Kier alpha value is -1.28. The molecule has 0 bridgehead atoms. The molecule has 2 aromatic rings. The summed E-state index contributed by atoms with van der Waals surface area (Å²) >= 11 is 3.51. The number of rotatable bonds is 4. The molecule has 0 radical (unpaired) electrons. The highest BCUT2D eigenvalue weighted by molar-refractivity contribution is 9.10. The zero-order valence-electron chi connectivity index (χ0n) is 9.91. The number of hydrogen-bond donors (Lipinski definition) is 1. The highest BCUT2D eigenvalue weighted by Crippen LogP contribution is 2.22. The van der Waals surface area contributed by atoms with Crippen LogP contribution in [-0.2, 0) is 13.0 Å². The molecule has 0 aliphatic heterocycles. The van der Waals surface area contributed by atoms with Crippen LogP contribution in [0.4, 0.5) is 5.69 Å². The molecule has 0 saturated carbocycles. The smallest absolute Gasteiger partial charge is 0.0400 e. The average molecular weight is 290 g/mol. The van der Waals surface area contributed by atoms with E-state index in [0.29, 0.717) is 0 Å². The highest BCUT2D eigenvalue weighted by Gasteiger charge is 2.01. The molecule has 88 valence electrons. The molecular formula is C15H16BrN. The van der Waals surface area contributed by atoms with Gasteiger partial charge < -0.3 is 5.32 Å². The lowest BCUT2D eigenvalue weighted by molar-refractivity contribution is 1.09. The van der Waals surface area contributed by atoms with Gasteiger partial charge in [0, 0.05) is 16.7 Å². The minimum Gasteiger partial charge on any atom is -0.381 e. The number of aryl methyl sites for hydroxylation is 1. The summed E-state index contributed by atoms with van der Waals surface area (Å²) in [7, 11) is 0. The first-order chi connectivity index (χ1) is 8.29. The standard InChI is InChI=1S/C15H16BrN/c1-2-13-10-14(16)8-9-15(13)17-11-12-6-4-3-5-7-12/h3-10,17H,2,11H2,1H3. The molecule has 0 aliphatic rings. The molecule has 2 rings (SSSR count). The molecule has 0 spiro atoms. The molecule has 0 saturated heterocycles. The van der Waals surface area contributed by atoms with Crippen molar-refractivity contribution in [3.63, 3.8) is 0 Å². The van der Waals surface area contributed by atoms with Gasteiger partial charge in [-0.05, 0) is 35.7 Å². The molecule has 0 fully saturated rings. The van der Waals surface area contributed by atoms with Crippen LogP contribution in [-0.4, -0.2) is 0 Å². The third kappa shape index (κ3) is 3.34. The van der Waals surface area contributed by atoms with Crippen molar-refractivity contribution in [3.8, 4) is 0 Å². The van der Waals surface area contributed by atoms with Crippen molar-refractivity contribution >= 4 is 21.6 Å². The fourth-order valence-electron chi connectivity index (χ4n) is 1.82. The summed E-state index contributed by atoms with van der Waals surface area (Å²) < 4.78 is 1.14.